The maximum Gasteiger partial charge on any atom is 0.151 e. The largest absolute Gasteiger partial charge is 0.298 e. The summed E-state index contributed by atoms with van der Waals surface area (Å²) >= 11 is 7.09. The number of hydrogen-bond acceptors (Lipinski definition) is 2. The van der Waals surface area contributed by atoms with Crippen LogP contribution in [0.1, 0.15) is 10.4 Å². The number of halogens is 2. The molecule has 0 aliphatic rings. The van der Waals surface area contributed by atoms with Crippen LogP contribution in [0.5, 0.6) is 0 Å². The summed E-state index contributed by atoms with van der Waals surface area (Å²) in [6, 6.07) is 2.87. The summed E-state index contributed by atoms with van der Waals surface area (Å²) in [6.07, 6.45) is 0.637. The third kappa shape index (κ3) is 1.24. The highest BCUT2D eigenvalue weighted by Crippen LogP contribution is 2.32. The number of benzene rings is 1. The van der Waals surface area contributed by atoms with E-state index in [9.17, 15) is 9.18 Å². The first kappa shape index (κ1) is 8.66. The van der Waals surface area contributed by atoms with Crippen molar-refractivity contribution in [1.82, 2.24) is 0 Å². The zero-order chi connectivity index (χ0) is 9.42. The number of thiophene rings is 1. The van der Waals surface area contributed by atoms with E-state index in [1.165, 1.54) is 11.3 Å². The van der Waals surface area contributed by atoms with Gasteiger partial charge in [0.2, 0.25) is 0 Å². The Hall–Kier alpha value is -0.930. The SMILES string of the molecule is O=Cc1cc(F)c(Cl)c2ccsc12. The van der Waals surface area contributed by atoms with Crippen molar-refractivity contribution in [3.05, 3.63) is 33.9 Å². The molecule has 0 saturated carbocycles. The van der Waals surface area contributed by atoms with Crippen LogP contribution in [0.25, 0.3) is 10.1 Å². The van der Waals surface area contributed by atoms with Gasteiger partial charge in [0.1, 0.15) is 5.82 Å². The fourth-order valence-corrected chi connectivity index (χ4v) is 2.34. The number of aldehydes is 1. The van der Waals surface area contributed by atoms with Gasteiger partial charge in [0.15, 0.2) is 6.29 Å². The molecular weight excluding hydrogens is 211 g/mol. The van der Waals surface area contributed by atoms with Gasteiger partial charge in [-0.05, 0) is 17.5 Å². The average Bonchev–Trinajstić information content (AvgIpc) is 2.60. The lowest BCUT2D eigenvalue weighted by molar-refractivity contribution is 0.112. The third-order valence-electron chi connectivity index (χ3n) is 1.78. The van der Waals surface area contributed by atoms with E-state index >= 15 is 0 Å². The van der Waals surface area contributed by atoms with E-state index in [1.54, 1.807) is 11.4 Å². The summed E-state index contributed by atoms with van der Waals surface area (Å²) in [6.45, 7) is 0. The fourth-order valence-electron chi connectivity index (χ4n) is 1.19. The predicted molar refractivity (Wildman–Crippen MR) is 52.2 cm³/mol. The minimum Gasteiger partial charge on any atom is -0.298 e. The molecular formula is C9H4ClFOS. The van der Waals surface area contributed by atoms with Crippen molar-refractivity contribution in [1.29, 1.82) is 0 Å². The van der Waals surface area contributed by atoms with E-state index in [2.05, 4.69) is 0 Å². The monoisotopic (exact) mass is 214 g/mol. The number of rotatable bonds is 1. The molecule has 1 aromatic carbocycles. The second-order valence-corrected chi connectivity index (χ2v) is 3.84. The number of carbonyl (C=O) groups is 1. The zero-order valence-electron chi connectivity index (χ0n) is 6.38. The van der Waals surface area contributed by atoms with Crippen LogP contribution in [0.3, 0.4) is 0 Å². The molecule has 0 unspecified atom stereocenters. The quantitative estimate of drug-likeness (QED) is 0.664. The molecule has 2 aromatic rings. The van der Waals surface area contributed by atoms with E-state index in [0.29, 0.717) is 17.2 Å². The predicted octanol–water partition coefficient (Wildman–Crippen LogP) is 3.51. The molecule has 0 saturated heterocycles. The molecule has 2 rings (SSSR count). The molecule has 1 nitrogen and oxygen atoms in total. The first-order valence-corrected chi connectivity index (χ1v) is 4.80. The fraction of sp³-hybridized carbons (Fsp3) is 0. The van der Waals surface area contributed by atoms with Crippen molar-refractivity contribution in [2.75, 3.05) is 0 Å². The topological polar surface area (TPSA) is 17.1 Å². The molecule has 1 aromatic heterocycles. The summed E-state index contributed by atoms with van der Waals surface area (Å²) in [5.41, 5.74) is 0.354. The number of carbonyl (C=O) groups excluding carboxylic acids is 1. The Morgan fingerprint density at radius 3 is 3.00 bits per heavy atom. The van der Waals surface area contributed by atoms with Crippen molar-refractivity contribution < 1.29 is 9.18 Å². The summed E-state index contributed by atoms with van der Waals surface area (Å²) in [5.74, 6) is -0.547. The van der Waals surface area contributed by atoms with Gasteiger partial charge in [0.05, 0.1) is 5.02 Å². The van der Waals surface area contributed by atoms with E-state index in [0.717, 1.165) is 10.8 Å². The molecule has 0 atom stereocenters. The van der Waals surface area contributed by atoms with Crippen molar-refractivity contribution in [3.63, 3.8) is 0 Å². The van der Waals surface area contributed by atoms with Gasteiger partial charge in [0, 0.05) is 15.6 Å². The van der Waals surface area contributed by atoms with Gasteiger partial charge in [-0.15, -0.1) is 11.3 Å². The summed E-state index contributed by atoms with van der Waals surface area (Å²) < 4.78 is 13.8. The van der Waals surface area contributed by atoms with Gasteiger partial charge in [-0.25, -0.2) is 4.39 Å². The highest BCUT2D eigenvalue weighted by atomic mass is 35.5. The van der Waals surface area contributed by atoms with Crippen molar-refractivity contribution in [2.45, 2.75) is 0 Å². The molecule has 1 heterocycles. The second-order valence-electron chi connectivity index (χ2n) is 2.54. The van der Waals surface area contributed by atoms with Crippen molar-refractivity contribution in [3.8, 4) is 0 Å². The van der Waals surface area contributed by atoms with E-state index < -0.39 is 5.82 Å². The molecule has 13 heavy (non-hydrogen) atoms. The van der Waals surface area contributed by atoms with Gasteiger partial charge in [-0.3, -0.25) is 4.79 Å². The normalized spacial score (nSPS) is 10.6. The highest BCUT2D eigenvalue weighted by Gasteiger charge is 2.10. The number of hydrogen-bond donors (Lipinski definition) is 0. The Bertz CT molecular complexity index is 478. The molecule has 0 N–H and O–H groups in total. The lowest BCUT2D eigenvalue weighted by atomic mass is 10.2. The van der Waals surface area contributed by atoms with Crippen LogP contribution in [0.15, 0.2) is 17.5 Å². The Morgan fingerprint density at radius 1 is 1.54 bits per heavy atom. The highest BCUT2D eigenvalue weighted by molar-refractivity contribution is 7.17. The maximum atomic E-state index is 13.1. The maximum absolute atomic E-state index is 13.1. The Morgan fingerprint density at radius 2 is 2.31 bits per heavy atom. The van der Waals surface area contributed by atoms with Crippen molar-refractivity contribution in [2.24, 2.45) is 0 Å². The molecule has 0 bridgehead atoms. The second kappa shape index (κ2) is 3.09. The molecule has 0 amide bonds. The van der Waals surface area contributed by atoms with Gasteiger partial charge in [-0.1, -0.05) is 11.6 Å². The lowest BCUT2D eigenvalue weighted by Gasteiger charge is -1.98. The molecule has 0 aliphatic heterocycles. The third-order valence-corrected chi connectivity index (χ3v) is 3.13. The molecule has 0 fully saturated rings. The molecule has 0 radical (unpaired) electrons. The summed E-state index contributed by atoms with van der Waals surface area (Å²) in [5, 5.41) is 2.47. The van der Waals surface area contributed by atoms with Crippen LogP contribution in [-0.4, -0.2) is 6.29 Å². The van der Waals surface area contributed by atoms with Crippen LogP contribution < -0.4 is 0 Å². The van der Waals surface area contributed by atoms with Gasteiger partial charge >= 0.3 is 0 Å². The Labute approximate surface area is 82.7 Å². The first-order valence-electron chi connectivity index (χ1n) is 3.54. The van der Waals surface area contributed by atoms with Gasteiger partial charge in [-0.2, -0.15) is 0 Å². The lowest BCUT2D eigenvalue weighted by Crippen LogP contribution is -1.84. The van der Waals surface area contributed by atoms with Gasteiger partial charge in [0.25, 0.3) is 0 Å². The minimum absolute atomic E-state index is 0.0850. The Balaban J connectivity index is 2.95. The van der Waals surface area contributed by atoms with E-state index in [1.807, 2.05) is 0 Å². The van der Waals surface area contributed by atoms with Crippen LogP contribution in [0.2, 0.25) is 5.02 Å². The first-order chi connectivity index (χ1) is 6.24. The van der Waals surface area contributed by atoms with E-state index in [4.69, 9.17) is 11.6 Å². The smallest absolute Gasteiger partial charge is 0.151 e. The van der Waals surface area contributed by atoms with E-state index in [-0.39, 0.29) is 5.02 Å². The summed E-state index contributed by atoms with van der Waals surface area (Å²) in [7, 11) is 0. The molecule has 0 spiro atoms. The molecule has 4 heteroatoms. The molecule has 0 aliphatic carbocycles. The Kier molecular flexibility index (Phi) is 2.06. The standard InChI is InChI=1S/C9H4ClFOS/c10-8-6-1-2-13-9(6)5(4-12)3-7(8)11/h1-4H. The van der Waals surface area contributed by atoms with Crippen LogP contribution in [0.4, 0.5) is 4.39 Å². The minimum atomic E-state index is -0.547. The molecule has 66 valence electrons. The average molecular weight is 215 g/mol. The van der Waals surface area contributed by atoms with Crippen LogP contribution in [0, 0.1) is 5.82 Å². The zero-order valence-corrected chi connectivity index (χ0v) is 7.95. The van der Waals surface area contributed by atoms with Crippen LogP contribution in [-0.2, 0) is 0 Å². The summed E-state index contributed by atoms with van der Waals surface area (Å²) in [4.78, 5) is 10.6. The number of fused-ring (bicyclic) bond motifs is 1. The van der Waals surface area contributed by atoms with Crippen LogP contribution >= 0.6 is 22.9 Å². The van der Waals surface area contributed by atoms with Gasteiger partial charge < -0.3 is 0 Å². The van der Waals surface area contributed by atoms with Crippen molar-refractivity contribution >= 4 is 39.3 Å².